The highest BCUT2D eigenvalue weighted by Crippen LogP contribution is 2.39. The summed E-state index contributed by atoms with van der Waals surface area (Å²) in [4.78, 5) is 9.23. The lowest BCUT2D eigenvalue weighted by molar-refractivity contribution is 0.373. The molecule has 20 heavy (non-hydrogen) atoms. The summed E-state index contributed by atoms with van der Waals surface area (Å²) in [6.07, 6.45) is 9.24. The Morgan fingerprint density at radius 2 is 1.75 bits per heavy atom. The van der Waals surface area contributed by atoms with Gasteiger partial charge >= 0.3 is 0 Å². The molecule has 110 valence electrons. The quantitative estimate of drug-likeness (QED) is 0.569. The molecule has 2 saturated carbocycles. The van der Waals surface area contributed by atoms with Crippen LogP contribution in [0.2, 0.25) is 0 Å². The monoisotopic (exact) mass is 275 g/mol. The third-order valence-electron chi connectivity index (χ3n) is 4.53. The summed E-state index contributed by atoms with van der Waals surface area (Å²) in [6, 6.07) is 0. The van der Waals surface area contributed by atoms with Gasteiger partial charge in [0.25, 0.3) is 0 Å². The molecule has 2 fully saturated rings. The maximum absolute atomic E-state index is 5.58. The average molecular weight is 275 g/mol. The zero-order chi connectivity index (χ0) is 13.9. The smallest absolute Gasteiger partial charge is 0.148 e. The summed E-state index contributed by atoms with van der Waals surface area (Å²) < 4.78 is 0. The first-order valence-electron chi connectivity index (χ1n) is 7.87. The van der Waals surface area contributed by atoms with Gasteiger partial charge in [0.05, 0.1) is 0 Å². The van der Waals surface area contributed by atoms with Gasteiger partial charge in [0.15, 0.2) is 0 Å². The lowest BCUT2D eigenvalue weighted by atomic mass is 9.89. The molecule has 2 aliphatic carbocycles. The Kier molecular flexibility index (Phi) is 4.05. The van der Waals surface area contributed by atoms with E-state index in [4.69, 9.17) is 10.8 Å². The van der Waals surface area contributed by atoms with Gasteiger partial charge in [-0.25, -0.2) is 15.8 Å². The first-order chi connectivity index (χ1) is 9.78. The van der Waals surface area contributed by atoms with Crippen LogP contribution in [0, 0.1) is 12.8 Å². The van der Waals surface area contributed by atoms with Crippen molar-refractivity contribution >= 4 is 11.6 Å². The fraction of sp³-hybridized carbons (Fsp3) is 0.733. The van der Waals surface area contributed by atoms with Gasteiger partial charge in [-0.3, -0.25) is 0 Å². The molecule has 0 atom stereocenters. The van der Waals surface area contributed by atoms with Crippen molar-refractivity contribution in [3.63, 3.8) is 0 Å². The van der Waals surface area contributed by atoms with Gasteiger partial charge in [0.2, 0.25) is 0 Å². The van der Waals surface area contributed by atoms with Gasteiger partial charge in [-0.1, -0.05) is 19.3 Å². The summed E-state index contributed by atoms with van der Waals surface area (Å²) >= 11 is 0. The minimum Gasteiger partial charge on any atom is -0.369 e. The number of hydrogen-bond acceptors (Lipinski definition) is 5. The van der Waals surface area contributed by atoms with Crippen molar-refractivity contribution in [1.29, 1.82) is 0 Å². The van der Waals surface area contributed by atoms with E-state index >= 15 is 0 Å². The van der Waals surface area contributed by atoms with Crippen LogP contribution in [0.15, 0.2) is 0 Å². The molecule has 0 aromatic carbocycles. The largest absolute Gasteiger partial charge is 0.369 e. The molecule has 0 unspecified atom stereocenters. The third kappa shape index (κ3) is 3.03. The standard InChI is InChI=1S/C15H25N5/c1-10-13(17-9-11-5-3-2-4-6-11)18-15(12-7-8-12)19-14(10)20-16/h11-12H,2-9,16H2,1H3,(H2,17,18,19,20). The number of nitrogens with one attached hydrogen (secondary N) is 2. The van der Waals surface area contributed by atoms with Crippen molar-refractivity contribution in [1.82, 2.24) is 9.97 Å². The molecule has 0 saturated heterocycles. The molecule has 4 N–H and O–H groups in total. The van der Waals surface area contributed by atoms with E-state index in [1.54, 1.807) is 0 Å². The van der Waals surface area contributed by atoms with Crippen LogP contribution in [0.3, 0.4) is 0 Å². The molecular formula is C15H25N5. The van der Waals surface area contributed by atoms with E-state index in [-0.39, 0.29) is 0 Å². The second kappa shape index (κ2) is 5.95. The predicted octanol–water partition coefficient (Wildman–Crippen LogP) is 2.94. The van der Waals surface area contributed by atoms with Crippen molar-refractivity contribution in [3.05, 3.63) is 11.4 Å². The second-order valence-electron chi connectivity index (χ2n) is 6.21. The summed E-state index contributed by atoms with van der Waals surface area (Å²) in [7, 11) is 0. The van der Waals surface area contributed by atoms with Crippen molar-refractivity contribution in [2.24, 2.45) is 11.8 Å². The van der Waals surface area contributed by atoms with Gasteiger partial charge in [0, 0.05) is 18.0 Å². The van der Waals surface area contributed by atoms with Gasteiger partial charge in [-0.2, -0.15) is 0 Å². The normalized spacial score (nSPS) is 19.9. The van der Waals surface area contributed by atoms with E-state index in [1.807, 2.05) is 6.92 Å². The Balaban J connectivity index is 1.71. The Morgan fingerprint density at radius 3 is 2.40 bits per heavy atom. The molecule has 0 bridgehead atoms. The number of nitrogens with zero attached hydrogens (tertiary/aromatic N) is 2. The zero-order valence-corrected chi connectivity index (χ0v) is 12.3. The van der Waals surface area contributed by atoms with Gasteiger partial charge in [0.1, 0.15) is 17.5 Å². The molecule has 1 aromatic rings. The summed E-state index contributed by atoms with van der Waals surface area (Å²) in [6.45, 7) is 3.04. The lowest BCUT2D eigenvalue weighted by Crippen LogP contribution is -2.20. The average Bonchev–Trinajstić information content (AvgIpc) is 3.32. The van der Waals surface area contributed by atoms with Gasteiger partial charge in [-0.15, -0.1) is 0 Å². The van der Waals surface area contributed by atoms with Crippen LogP contribution >= 0.6 is 0 Å². The van der Waals surface area contributed by atoms with Gasteiger partial charge < -0.3 is 10.7 Å². The Hall–Kier alpha value is -1.36. The Bertz CT molecular complexity index is 464. The first-order valence-corrected chi connectivity index (χ1v) is 7.87. The molecule has 2 aliphatic rings. The van der Waals surface area contributed by atoms with Crippen LogP contribution in [-0.4, -0.2) is 16.5 Å². The highest BCUT2D eigenvalue weighted by molar-refractivity contribution is 5.57. The second-order valence-corrected chi connectivity index (χ2v) is 6.21. The van der Waals surface area contributed by atoms with E-state index in [9.17, 15) is 0 Å². The maximum atomic E-state index is 5.58. The maximum Gasteiger partial charge on any atom is 0.148 e. The van der Waals surface area contributed by atoms with Crippen molar-refractivity contribution < 1.29 is 0 Å². The van der Waals surface area contributed by atoms with Gasteiger partial charge in [-0.05, 0) is 38.5 Å². The fourth-order valence-electron chi connectivity index (χ4n) is 3.00. The van der Waals surface area contributed by atoms with Crippen LogP contribution in [0.25, 0.3) is 0 Å². The Labute approximate surface area is 120 Å². The lowest BCUT2D eigenvalue weighted by Gasteiger charge is -2.23. The number of hydrazine groups is 1. The Morgan fingerprint density at radius 1 is 1.05 bits per heavy atom. The van der Waals surface area contributed by atoms with E-state index in [0.717, 1.165) is 35.5 Å². The topological polar surface area (TPSA) is 75.9 Å². The number of nitrogens with two attached hydrogens (primary N) is 1. The van der Waals surface area contributed by atoms with Crippen LogP contribution in [-0.2, 0) is 0 Å². The van der Waals surface area contributed by atoms with Crippen LogP contribution < -0.4 is 16.6 Å². The molecule has 5 heteroatoms. The van der Waals surface area contributed by atoms with Crippen LogP contribution in [0.4, 0.5) is 11.6 Å². The zero-order valence-electron chi connectivity index (χ0n) is 12.3. The van der Waals surface area contributed by atoms with Crippen molar-refractivity contribution in [3.8, 4) is 0 Å². The first kappa shape index (κ1) is 13.6. The minimum atomic E-state index is 0.540. The molecular weight excluding hydrogens is 250 g/mol. The number of aromatic nitrogens is 2. The molecule has 0 aliphatic heterocycles. The van der Waals surface area contributed by atoms with Crippen molar-refractivity contribution in [2.45, 2.75) is 57.8 Å². The molecule has 0 radical (unpaired) electrons. The van der Waals surface area contributed by atoms with Crippen molar-refractivity contribution in [2.75, 3.05) is 17.3 Å². The van der Waals surface area contributed by atoms with E-state index < -0.39 is 0 Å². The molecule has 0 spiro atoms. The SMILES string of the molecule is Cc1c(NN)nc(C2CC2)nc1NCC1CCCCC1. The molecule has 1 heterocycles. The predicted molar refractivity (Wildman–Crippen MR) is 81.6 cm³/mol. The minimum absolute atomic E-state index is 0.540. The van der Waals surface area contributed by atoms with Crippen LogP contribution in [0.1, 0.15) is 62.3 Å². The molecule has 0 amide bonds. The summed E-state index contributed by atoms with van der Waals surface area (Å²) in [5, 5.41) is 3.53. The number of nitrogen functional groups attached to an aromatic ring is 1. The third-order valence-corrected chi connectivity index (χ3v) is 4.53. The molecule has 3 rings (SSSR count). The molecule has 1 aromatic heterocycles. The molecule has 5 nitrogen and oxygen atoms in total. The van der Waals surface area contributed by atoms with Crippen LogP contribution in [0.5, 0.6) is 0 Å². The van der Waals surface area contributed by atoms with E-state index in [0.29, 0.717) is 5.92 Å². The summed E-state index contributed by atoms with van der Waals surface area (Å²) in [5.41, 5.74) is 3.73. The summed E-state index contributed by atoms with van der Waals surface area (Å²) in [5.74, 6) is 9.56. The highest BCUT2D eigenvalue weighted by atomic mass is 15.3. The number of hydrogen-bond donors (Lipinski definition) is 3. The number of rotatable bonds is 5. The van der Waals surface area contributed by atoms with E-state index in [2.05, 4.69) is 15.7 Å². The highest BCUT2D eigenvalue weighted by Gasteiger charge is 2.28. The number of anilines is 2. The fourth-order valence-corrected chi connectivity index (χ4v) is 3.00. The van der Waals surface area contributed by atoms with E-state index in [1.165, 1.54) is 44.9 Å².